The summed E-state index contributed by atoms with van der Waals surface area (Å²) in [7, 11) is 0. The van der Waals surface area contributed by atoms with E-state index < -0.39 is 0 Å². The predicted octanol–water partition coefficient (Wildman–Crippen LogP) is 13.8. The molecule has 2 fully saturated rings. The molecule has 0 aliphatic heterocycles. The van der Waals surface area contributed by atoms with Crippen LogP contribution in [-0.4, -0.2) is 0 Å². The van der Waals surface area contributed by atoms with Crippen LogP contribution in [0.15, 0.2) is 118 Å². The maximum absolute atomic E-state index is 2.69. The van der Waals surface area contributed by atoms with Gasteiger partial charge in [0.2, 0.25) is 0 Å². The number of hydrogen-bond donors (Lipinski definition) is 0. The van der Waals surface area contributed by atoms with E-state index in [2.05, 4.69) is 103 Å². The van der Waals surface area contributed by atoms with Gasteiger partial charge in [0.05, 0.1) is 0 Å². The second kappa shape index (κ2) is 17.1. The van der Waals surface area contributed by atoms with Gasteiger partial charge >= 0.3 is 0 Å². The zero-order valence-electron chi connectivity index (χ0n) is 37.6. The van der Waals surface area contributed by atoms with Crippen LogP contribution < -0.4 is 20.9 Å². The predicted molar refractivity (Wildman–Crippen MR) is 263 cm³/mol. The lowest BCUT2D eigenvalue weighted by molar-refractivity contribution is 0.227. The Balaban J connectivity index is 0.921. The molecule has 10 aliphatic carbocycles. The topological polar surface area (TPSA) is 0 Å². The van der Waals surface area contributed by atoms with E-state index in [0.717, 1.165) is 49.4 Å². The summed E-state index contributed by atoms with van der Waals surface area (Å²) in [6, 6.07) is 12.4. The zero-order valence-corrected chi connectivity index (χ0v) is 37.6. The summed E-state index contributed by atoms with van der Waals surface area (Å²) >= 11 is 0. The lowest BCUT2D eigenvalue weighted by Crippen LogP contribution is -2.41. The molecule has 62 heavy (non-hydrogen) atoms. The SMILES string of the molecule is C1=CCC2CC3C4=CCCC(c5ccc(-c6cccc7c6=CCC6C=7C=C7C=CCCC7C6CCC6CCCCC6)c6c5=CCCC=6)=C4C=CC3=C(CCC3CCCCC3)C2=C1. The Labute approximate surface area is 372 Å². The molecule has 2 saturated carbocycles. The van der Waals surface area contributed by atoms with E-state index in [4.69, 9.17) is 0 Å². The quantitative estimate of drug-likeness (QED) is 0.249. The lowest BCUT2D eigenvalue weighted by Gasteiger charge is -2.42. The number of allylic oxidation sites excluding steroid dienone is 16. The van der Waals surface area contributed by atoms with E-state index in [-0.39, 0.29) is 0 Å². The summed E-state index contributed by atoms with van der Waals surface area (Å²) in [5.41, 5.74) is 17.5. The van der Waals surface area contributed by atoms with E-state index in [1.165, 1.54) is 160 Å². The van der Waals surface area contributed by atoms with E-state index in [1.54, 1.807) is 44.6 Å². The molecule has 12 rings (SSSR count). The Bertz CT molecular complexity index is 2640. The van der Waals surface area contributed by atoms with Gasteiger partial charge in [-0.3, -0.25) is 0 Å². The van der Waals surface area contributed by atoms with Crippen molar-refractivity contribution in [2.45, 2.75) is 148 Å². The highest BCUT2D eigenvalue weighted by Gasteiger charge is 2.40. The molecule has 0 radical (unpaired) electrons. The maximum atomic E-state index is 2.69. The molecular weight excluding hydrogens is 745 g/mol. The molecular formula is C62H70. The van der Waals surface area contributed by atoms with Gasteiger partial charge < -0.3 is 0 Å². The highest BCUT2D eigenvalue weighted by molar-refractivity contribution is 5.82. The number of benzene rings is 2. The minimum absolute atomic E-state index is 0.541. The maximum Gasteiger partial charge on any atom is 0.0101 e. The van der Waals surface area contributed by atoms with Crippen LogP contribution >= 0.6 is 0 Å². The molecule has 0 heteroatoms. The molecule has 0 saturated heterocycles. The number of hydrogen-bond acceptors (Lipinski definition) is 0. The monoisotopic (exact) mass is 815 g/mol. The van der Waals surface area contributed by atoms with Crippen LogP contribution in [0, 0.1) is 41.4 Å². The molecule has 5 unspecified atom stereocenters. The molecule has 2 aromatic rings. The second-order valence-electron chi connectivity index (χ2n) is 21.4. The lowest BCUT2D eigenvalue weighted by atomic mass is 9.62. The van der Waals surface area contributed by atoms with Gasteiger partial charge in [0, 0.05) is 5.92 Å². The molecule has 10 aliphatic rings. The molecule has 0 nitrogen and oxygen atoms in total. The molecule has 5 atom stereocenters. The van der Waals surface area contributed by atoms with Gasteiger partial charge in [-0.15, -0.1) is 0 Å². The number of fused-ring (bicyclic) bond motifs is 8. The van der Waals surface area contributed by atoms with Crippen LogP contribution in [0.5, 0.6) is 0 Å². The largest absolute Gasteiger partial charge is 0.0842 e. The first-order valence-electron chi connectivity index (χ1n) is 26.0. The summed E-state index contributed by atoms with van der Waals surface area (Å²) in [4.78, 5) is 0. The fourth-order valence-electron chi connectivity index (χ4n) is 15.1. The first-order chi connectivity index (χ1) is 30.8. The number of rotatable bonds is 8. The second-order valence-corrected chi connectivity index (χ2v) is 21.4. The molecule has 0 spiro atoms. The summed E-state index contributed by atoms with van der Waals surface area (Å²) in [6.07, 6.45) is 61.6. The highest BCUT2D eigenvalue weighted by atomic mass is 14.4. The average Bonchev–Trinajstić information content (AvgIpc) is 3.34. The van der Waals surface area contributed by atoms with Gasteiger partial charge in [-0.25, -0.2) is 0 Å². The fourth-order valence-corrected chi connectivity index (χ4v) is 15.1. The van der Waals surface area contributed by atoms with Crippen LogP contribution in [0.3, 0.4) is 0 Å². The minimum Gasteiger partial charge on any atom is -0.0842 e. The Morgan fingerprint density at radius 2 is 1.35 bits per heavy atom. The Morgan fingerprint density at radius 3 is 2.21 bits per heavy atom. The molecule has 0 aromatic heterocycles. The summed E-state index contributed by atoms with van der Waals surface area (Å²) < 4.78 is 0. The van der Waals surface area contributed by atoms with Crippen LogP contribution in [0.1, 0.15) is 153 Å². The third-order valence-corrected chi connectivity index (χ3v) is 18.1. The molecule has 0 heterocycles. The Kier molecular flexibility index (Phi) is 10.9. The van der Waals surface area contributed by atoms with Gasteiger partial charge in [0.25, 0.3) is 0 Å². The summed E-state index contributed by atoms with van der Waals surface area (Å²) in [6.45, 7) is 0. The van der Waals surface area contributed by atoms with Crippen molar-refractivity contribution in [2.24, 2.45) is 41.4 Å². The van der Waals surface area contributed by atoms with Gasteiger partial charge in [0.1, 0.15) is 0 Å². The summed E-state index contributed by atoms with van der Waals surface area (Å²) in [5.74, 6) is 5.29. The smallest absolute Gasteiger partial charge is 0.0101 e. The average molecular weight is 815 g/mol. The van der Waals surface area contributed by atoms with E-state index in [0.29, 0.717) is 17.8 Å². The van der Waals surface area contributed by atoms with Crippen molar-refractivity contribution in [3.05, 3.63) is 145 Å². The first kappa shape index (κ1) is 39.4. The van der Waals surface area contributed by atoms with Crippen molar-refractivity contribution in [1.29, 1.82) is 0 Å². The molecule has 0 bridgehead atoms. The van der Waals surface area contributed by atoms with Crippen molar-refractivity contribution in [2.75, 3.05) is 0 Å². The highest BCUT2D eigenvalue weighted by Crippen LogP contribution is 2.53. The standard InChI is InChI=1S/C62H70/c1-3-15-41(16-4-1)29-31-53-45-21-9-7-19-43(45)39-61-51-27-13-25-49(57(51)35-37-59(53)61)55-33-34-56(48-24-12-11-23-47(48)55)50-26-14-28-52-58(50)36-38-60-54(32-30-42-17-5-2-6-18-42)46-22-10-8-20-44(46)40-62(52)60/h7-9,14,20-21,23-24,26-28,33-37,40-43,46,54,60-61H,1-6,10-13,15-19,22,25,29-32,38-39H2. The first-order valence-corrected chi connectivity index (χ1v) is 26.0. The minimum atomic E-state index is 0.541. The Hall–Kier alpha value is -4.16. The fraction of sp³-hybridized carbons (Fsp3) is 0.484. The van der Waals surface area contributed by atoms with Crippen LogP contribution in [-0.2, 0) is 0 Å². The molecule has 2 aromatic carbocycles. The normalized spacial score (nSPS) is 29.0. The van der Waals surface area contributed by atoms with Gasteiger partial charge in [0.15, 0.2) is 0 Å². The molecule has 0 amide bonds. The van der Waals surface area contributed by atoms with E-state index in [1.807, 2.05) is 0 Å². The van der Waals surface area contributed by atoms with Gasteiger partial charge in [-0.2, -0.15) is 0 Å². The zero-order chi connectivity index (χ0) is 41.0. The van der Waals surface area contributed by atoms with Gasteiger partial charge in [-0.05, 0) is 195 Å². The van der Waals surface area contributed by atoms with Crippen molar-refractivity contribution in [1.82, 2.24) is 0 Å². The molecule has 0 N–H and O–H groups in total. The van der Waals surface area contributed by atoms with Crippen LogP contribution in [0.2, 0.25) is 0 Å². The van der Waals surface area contributed by atoms with E-state index >= 15 is 0 Å². The van der Waals surface area contributed by atoms with Crippen LogP contribution in [0.4, 0.5) is 0 Å². The molecule has 318 valence electrons. The van der Waals surface area contributed by atoms with Crippen molar-refractivity contribution < 1.29 is 0 Å². The summed E-state index contributed by atoms with van der Waals surface area (Å²) in [5, 5.41) is 6.00. The Morgan fingerprint density at radius 1 is 0.565 bits per heavy atom. The van der Waals surface area contributed by atoms with Crippen molar-refractivity contribution in [3.63, 3.8) is 0 Å². The van der Waals surface area contributed by atoms with E-state index in [9.17, 15) is 0 Å². The van der Waals surface area contributed by atoms with Crippen molar-refractivity contribution >= 4 is 29.4 Å². The van der Waals surface area contributed by atoms with Crippen LogP contribution in [0.25, 0.3) is 40.5 Å². The third-order valence-electron chi connectivity index (χ3n) is 18.1. The van der Waals surface area contributed by atoms with Gasteiger partial charge in [-0.1, -0.05) is 174 Å². The third kappa shape index (κ3) is 7.10. The van der Waals surface area contributed by atoms with Crippen molar-refractivity contribution in [3.8, 4) is 11.1 Å².